The Bertz CT molecular complexity index is 159. The molecule has 0 aliphatic carbocycles. The molecule has 0 aromatic heterocycles. The minimum absolute atomic E-state index is 0. The van der Waals surface area contributed by atoms with Crippen molar-refractivity contribution in [2.75, 3.05) is 0 Å². The summed E-state index contributed by atoms with van der Waals surface area (Å²) in [4.78, 5) is 33.0. The third kappa shape index (κ3) is 264. The van der Waals surface area contributed by atoms with Crippen LogP contribution < -0.4 is 0 Å². The zero-order chi connectivity index (χ0) is 14.3. The number of hydrogen-bond donors (Lipinski definition) is 0. The molecule has 0 rings (SSSR count). The van der Waals surface area contributed by atoms with E-state index in [-0.39, 0.29) is 19.5 Å². The van der Waals surface area contributed by atoms with Crippen molar-refractivity contribution in [3.05, 3.63) is 61.3 Å². The maximum Gasteiger partial charge on any atom is 4.00 e. The average Bonchev–Trinajstić information content (AvgIpc) is 1.76. The number of hydrogen-bond acceptors (Lipinski definition) is 12. The summed E-state index contributed by atoms with van der Waals surface area (Å²) in [5, 5.41) is 59.0. The molecule has 0 aliphatic rings. The smallest absolute Gasteiger partial charge is 0.356 e. The standard InChI is InChI=1S/4NO3.Zn/c4*2-1(3)4;/q4*-1;+4. The molecule has 16 nitrogen and oxygen atoms in total. The molecular formula is N4O12Zn. The van der Waals surface area contributed by atoms with Crippen LogP contribution in [0.4, 0.5) is 0 Å². The fraction of sp³-hybridized carbons (Fsp3) is 0. The third-order valence-electron chi connectivity index (χ3n) is 0. The Morgan fingerprint density at radius 2 is 0.412 bits per heavy atom. The van der Waals surface area contributed by atoms with Crippen LogP contribution in [0.15, 0.2) is 0 Å². The van der Waals surface area contributed by atoms with E-state index in [4.69, 9.17) is 61.3 Å². The fourth-order valence-electron chi connectivity index (χ4n) is 0. The predicted octanol–water partition coefficient (Wildman–Crippen LogP) is -0.959. The molecule has 17 heavy (non-hydrogen) atoms. The normalized spacial score (nSPS) is 5.65. The van der Waals surface area contributed by atoms with E-state index in [1.54, 1.807) is 0 Å². The molecule has 0 bridgehead atoms. The SMILES string of the molecule is O=[N+]([O-])[O-].O=[N+]([O-])[O-].O=[N+]([O-])[O-].O=[N+]([O-])[O-].[Zn+4]. The Morgan fingerprint density at radius 1 is 0.412 bits per heavy atom. The van der Waals surface area contributed by atoms with Gasteiger partial charge in [-0.05, 0) is 0 Å². The second-order valence-electron chi connectivity index (χ2n) is 0.894. The number of rotatable bonds is 0. The van der Waals surface area contributed by atoms with Crippen LogP contribution in [0, 0.1) is 61.3 Å². The third-order valence-corrected chi connectivity index (χ3v) is 0. The Kier molecular flexibility index (Phi) is 40.2. The molecule has 94 valence electrons. The summed E-state index contributed by atoms with van der Waals surface area (Å²) in [6, 6.07) is 0. The minimum Gasteiger partial charge on any atom is -0.356 e. The molecule has 0 spiro atoms. The van der Waals surface area contributed by atoms with Crippen molar-refractivity contribution in [2.24, 2.45) is 0 Å². The molecule has 0 radical (unpaired) electrons. The molecular weight excluding hydrogens is 313 g/mol. The van der Waals surface area contributed by atoms with Gasteiger partial charge >= 0.3 is 19.5 Å². The van der Waals surface area contributed by atoms with Crippen molar-refractivity contribution >= 4 is 0 Å². The van der Waals surface area contributed by atoms with Crippen molar-refractivity contribution in [3.63, 3.8) is 0 Å². The molecule has 0 amide bonds. The van der Waals surface area contributed by atoms with Crippen LogP contribution >= 0.6 is 0 Å². The van der Waals surface area contributed by atoms with Gasteiger partial charge in [0.05, 0.1) is 20.3 Å². The van der Waals surface area contributed by atoms with Gasteiger partial charge in [0, 0.05) is 0 Å². The Balaban J connectivity index is -0.0000000369. The molecule has 0 aromatic carbocycles. The Labute approximate surface area is 102 Å². The van der Waals surface area contributed by atoms with Gasteiger partial charge in [0.15, 0.2) is 0 Å². The Morgan fingerprint density at radius 3 is 0.412 bits per heavy atom. The summed E-state index contributed by atoms with van der Waals surface area (Å²) in [7, 11) is 0. The zero-order valence-electron chi connectivity index (χ0n) is 7.39. The van der Waals surface area contributed by atoms with E-state index in [0.717, 1.165) is 0 Å². The second-order valence-corrected chi connectivity index (χ2v) is 0.894. The molecule has 0 saturated heterocycles. The summed E-state index contributed by atoms with van der Waals surface area (Å²) >= 11 is 0. The molecule has 0 N–H and O–H groups in total. The van der Waals surface area contributed by atoms with Crippen LogP contribution in [-0.4, -0.2) is 20.3 Å². The average molecular weight is 313 g/mol. The zero-order valence-corrected chi connectivity index (χ0v) is 10.4. The van der Waals surface area contributed by atoms with Gasteiger partial charge < -0.3 is 61.3 Å². The first kappa shape index (κ1) is 29.3. The van der Waals surface area contributed by atoms with Crippen molar-refractivity contribution in [1.82, 2.24) is 0 Å². The van der Waals surface area contributed by atoms with E-state index in [9.17, 15) is 0 Å². The first-order valence-corrected chi connectivity index (χ1v) is 2.19. The van der Waals surface area contributed by atoms with Gasteiger partial charge in [0.2, 0.25) is 0 Å². The molecule has 0 fully saturated rings. The monoisotopic (exact) mass is 312 g/mol. The quantitative estimate of drug-likeness (QED) is 0.297. The van der Waals surface area contributed by atoms with E-state index >= 15 is 0 Å². The maximum absolute atomic E-state index is 8.25. The van der Waals surface area contributed by atoms with Gasteiger partial charge in [-0.1, -0.05) is 0 Å². The fourth-order valence-corrected chi connectivity index (χ4v) is 0. The minimum atomic E-state index is -1.75. The second kappa shape index (κ2) is 23.3. The Hall–Kier alpha value is -2.58. The van der Waals surface area contributed by atoms with Crippen molar-refractivity contribution in [3.8, 4) is 0 Å². The molecule has 0 heterocycles. The van der Waals surface area contributed by atoms with Crippen LogP contribution in [0.5, 0.6) is 0 Å². The molecule has 0 aliphatic heterocycles. The van der Waals surface area contributed by atoms with Crippen molar-refractivity contribution in [2.45, 2.75) is 0 Å². The number of nitrogens with zero attached hydrogens (tertiary/aromatic N) is 4. The van der Waals surface area contributed by atoms with E-state index in [1.165, 1.54) is 0 Å². The van der Waals surface area contributed by atoms with Gasteiger partial charge in [-0.25, -0.2) is 0 Å². The van der Waals surface area contributed by atoms with Gasteiger partial charge in [0.25, 0.3) is 0 Å². The summed E-state index contributed by atoms with van der Waals surface area (Å²) in [5.41, 5.74) is 0. The molecule has 0 saturated carbocycles. The van der Waals surface area contributed by atoms with E-state index in [1.807, 2.05) is 0 Å². The van der Waals surface area contributed by atoms with Crippen LogP contribution in [0.25, 0.3) is 0 Å². The largest absolute Gasteiger partial charge is 4.00 e. The van der Waals surface area contributed by atoms with Gasteiger partial charge in [-0.15, -0.1) is 0 Å². The van der Waals surface area contributed by atoms with Crippen LogP contribution in [-0.2, 0) is 19.5 Å². The molecule has 0 aromatic rings. The van der Waals surface area contributed by atoms with E-state index < -0.39 is 20.3 Å². The predicted molar refractivity (Wildman–Crippen MR) is 41.4 cm³/mol. The van der Waals surface area contributed by atoms with Crippen molar-refractivity contribution < 1.29 is 39.8 Å². The van der Waals surface area contributed by atoms with Gasteiger partial charge in [0.1, 0.15) is 0 Å². The van der Waals surface area contributed by atoms with Gasteiger partial charge in [-0.3, -0.25) is 0 Å². The van der Waals surface area contributed by atoms with Crippen LogP contribution in [0.1, 0.15) is 0 Å². The van der Waals surface area contributed by atoms with Crippen LogP contribution in [0.2, 0.25) is 0 Å². The van der Waals surface area contributed by atoms with Crippen molar-refractivity contribution in [1.29, 1.82) is 0 Å². The topological polar surface area (TPSA) is 265 Å². The molecule has 17 heteroatoms. The first-order chi connectivity index (χ1) is 6.93. The maximum atomic E-state index is 8.25. The summed E-state index contributed by atoms with van der Waals surface area (Å²) in [6.45, 7) is 0. The van der Waals surface area contributed by atoms with Crippen LogP contribution in [0.3, 0.4) is 0 Å². The molecule has 0 unspecified atom stereocenters. The van der Waals surface area contributed by atoms with E-state index in [0.29, 0.717) is 0 Å². The van der Waals surface area contributed by atoms with Gasteiger partial charge in [-0.2, -0.15) is 0 Å². The molecule has 0 atom stereocenters. The first-order valence-electron chi connectivity index (χ1n) is 2.19. The van der Waals surface area contributed by atoms with E-state index in [2.05, 4.69) is 0 Å². The summed E-state index contributed by atoms with van der Waals surface area (Å²) < 4.78 is 0. The summed E-state index contributed by atoms with van der Waals surface area (Å²) in [6.07, 6.45) is 0. The summed E-state index contributed by atoms with van der Waals surface area (Å²) in [5.74, 6) is 0.